The molecule has 1 aromatic heterocycles. The molecule has 0 unspecified atom stereocenters. The maximum absolute atomic E-state index is 12.2. The van der Waals surface area contributed by atoms with Gasteiger partial charge in [-0.1, -0.05) is 11.6 Å². The normalized spacial score (nSPS) is 19.4. The quantitative estimate of drug-likeness (QED) is 0.887. The number of thiophene rings is 1. The van der Waals surface area contributed by atoms with E-state index in [9.17, 15) is 9.59 Å². The number of hydrogen-bond acceptors (Lipinski definition) is 3. The highest BCUT2D eigenvalue weighted by Crippen LogP contribution is 2.27. The van der Waals surface area contributed by atoms with Gasteiger partial charge in [0, 0.05) is 43.5 Å². The summed E-state index contributed by atoms with van der Waals surface area (Å²) in [7, 11) is 0. The van der Waals surface area contributed by atoms with Gasteiger partial charge in [-0.25, -0.2) is 9.59 Å². The summed E-state index contributed by atoms with van der Waals surface area (Å²) in [6.07, 6.45) is 1.85. The number of halogens is 1. The number of rotatable bonds is 3. The van der Waals surface area contributed by atoms with Gasteiger partial charge in [0.1, 0.15) is 0 Å². The second kappa shape index (κ2) is 6.75. The van der Waals surface area contributed by atoms with Crippen molar-refractivity contribution in [3.05, 3.63) is 15.8 Å². The van der Waals surface area contributed by atoms with Crippen molar-refractivity contribution < 1.29 is 9.59 Å². The molecule has 0 spiro atoms. The molecule has 0 aliphatic carbocycles. The fraction of sp³-hybridized carbons (Fsp3) is 0.571. The molecule has 2 aliphatic heterocycles. The lowest BCUT2D eigenvalue weighted by Gasteiger charge is -2.33. The minimum absolute atomic E-state index is 0.0345. The maximum atomic E-state index is 12.2. The van der Waals surface area contributed by atoms with Crippen LogP contribution < -0.4 is 10.6 Å². The molecule has 8 heteroatoms. The molecule has 0 atom stereocenters. The van der Waals surface area contributed by atoms with Crippen molar-refractivity contribution in [1.29, 1.82) is 0 Å². The van der Waals surface area contributed by atoms with Crippen LogP contribution in [0, 0.1) is 5.92 Å². The first-order valence-corrected chi connectivity index (χ1v) is 8.76. The van der Waals surface area contributed by atoms with E-state index >= 15 is 0 Å². The van der Waals surface area contributed by atoms with Crippen molar-refractivity contribution in [2.24, 2.45) is 5.92 Å². The maximum Gasteiger partial charge on any atom is 0.321 e. The van der Waals surface area contributed by atoms with Crippen LogP contribution >= 0.6 is 22.9 Å². The Morgan fingerprint density at radius 3 is 2.73 bits per heavy atom. The average molecular weight is 343 g/mol. The van der Waals surface area contributed by atoms with E-state index in [0.29, 0.717) is 29.7 Å². The summed E-state index contributed by atoms with van der Waals surface area (Å²) in [6.45, 7) is 3.75. The lowest BCUT2D eigenvalue weighted by Crippen LogP contribution is -2.43. The lowest BCUT2D eigenvalue weighted by atomic mass is 9.96. The Morgan fingerprint density at radius 2 is 2.14 bits per heavy atom. The van der Waals surface area contributed by atoms with Crippen molar-refractivity contribution in [3.63, 3.8) is 0 Å². The van der Waals surface area contributed by atoms with Gasteiger partial charge in [-0.05, 0) is 18.8 Å². The Labute approximate surface area is 138 Å². The molecule has 4 amide bonds. The summed E-state index contributed by atoms with van der Waals surface area (Å²) in [5.74, 6) is 0.470. The number of anilines is 1. The summed E-state index contributed by atoms with van der Waals surface area (Å²) >= 11 is 7.45. The van der Waals surface area contributed by atoms with Crippen LogP contribution in [-0.4, -0.2) is 54.6 Å². The van der Waals surface area contributed by atoms with Crippen molar-refractivity contribution in [2.75, 3.05) is 38.0 Å². The Hall–Kier alpha value is -1.47. The zero-order valence-electron chi connectivity index (χ0n) is 12.2. The number of nitrogens with zero attached hydrogens (tertiary/aromatic N) is 2. The molecule has 2 saturated heterocycles. The van der Waals surface area contributed by atoms with E-state index in [0.717, 1.165) is 32.5 Å². The Bertz CT molecular complexity index is 557. The number of hydrogen-bond donors (Lipinski definition) is 2. The number of carbonyl (C=O) groups is 2. The van der Waals surface area contributed by atoms with Gasteiger partial charge in [0.15, 0.2) is 0 Å². The molecule has 2 N–H and O–H groups in total. The Kier molecular flexibility index (Phi) is 4.73. The van der Waals surface area contributed by atoms with E-state index in [1.165, 1.54) is 11.3 Å². The number of nitrogens with one attached hydrogen (secondary N) is 2. The lowest BCUT2D eigenvalue weighted by molar-refractivity contribution is 0.163. The van der Waals surface area contributed by atoms with Crippen molar-refractivity contribution in [2.45, 2.75) is 12.8 Å². The predicted octanol–water partition coefficient (Wildman–Crippen LogP) is 2.67. The molecule has 0 radical (unpaired) electrons. The van der Waals surface area contributed by atoms with E-state index in [1.807, 2.05) is 15.2 Å². The van der Waals surface area contributed by atoms with Crippen LogP contribution in [0.5, 0.6) is 0 Å². The molecule has 1 aromatic rings. The smallest absolute Gasteiger partial charge is 0.321 e. The number of amides is 4. The molecule has 0 bridgehead atoms. The molecule has 0 saturated carbocycles. The Morgan fingerprint density at radius 1 is 1.36 bits per heavy atom. The SMILES string of the molecule is O=C1NCCN1CC1CCN(C(=O)Nc2cscc2Cl)CC1. The summed E-state index contributed by atoms with van der Waals surface area (Å²) in [5, 5.41) is 9.87. The highest BCUT2D eigenvalue weighted by molar-refractivity contribution is 7.09. The molecule has 6 nitrogen and oxygen atoms in total. The average Bonchev–Trinajstić information content (AvgIpc) is 3.09. The van der Waals surface area contributed by atoms with Crippen LogP contribution in [0.1, 0.15) is 12.8 Å². The van der Waals surface area contributed by atoms with Gasteiger partial charge >= 0.3 is 12.1 Å². The van der Waals surface area contributed by atoms with Crippen LogP contribution in [0.4, 0.5) is 15.3 Å². The third-order valence-corrected chi connectivity index (χ3v) is 5.37. The first-order valence-electron chi connectivity index (χ1n) is 7.44. The second-order valence-corrected chi connectivity index (χ2v) is 6.82. The van der Waals surface area contributed by atoms with E-state index in [-0.39, 0.29) is 12.1 Å². The van der Waals surface area contributed by atoms with Gasteiger partial charge in [-0.2, -0.15) is 0 Å². The predicted molar refractivity (Wildman–Crippen MR) is 87.6 cm³/mol. The highest BCUT2D eigenvalue weighted by atomic mass is 35.5. The molecular formula is C14H19ClN4O2S. The standard InChI is InChI=1S/C14H19ClN4O2S/c15-11-8-22-9-12(11)17-14(21)18-4-1-10(2-5-18)7-19-6-3-16-13(19)20/h8-10H,1-7H2,(H,16,20)(H,17,21). The highest BCUT2D eigenvalue weighted by Gasteiger charge is 2.27. The monoisotopic (exact) mass is 342 g/mol. The van der Waals surface area contributed by atoms with Gasteiger partial charge in [0.05, 0.1) is 10.7 Å². The topological polar surface area (TPSA) is 64.7 Å². The first-order chi connectivity index (χ1) is 10.6. The van der Waals surface area contributed by atoms with Crippen LogP contribution in [0.25, 0.3) is 0 Å². The third-order valence-electron chi connectivity index (χ3n) is 4.18. The van der Waals surface area contributed by atoms with Crippen LogP contribution in [0.2, 0.25) is 5.02 Å². The fourth-order valence-electron chi connectivity index (χ4n) is 2.88. The molecule has 120 valence electrons. The zero-order valence-corrected chi connectivity index (χ0v) is 13.8. The van der Waals surface area contributed by atoms with E-state index in [4.69, 9.17) is 11.6 Å². The summed E-state index contributed by atoms with van der Waals surface area (Å²) in [4.78, 5) is 27.4. The largest absolute Gasteiger partial charge is 0.336 e. The summed E-state index contributed by atoms with van der Waals surface area (Å²) in [6, 6.07) is -0.0649. The van der Waals surface area contributed by atoms with Gasteiger partial charge in [-0.15, -0.1) is 11.3 Å². The van der Waals surface area contributed by atoms with Gasteiger partial charge in [0.2, 0.25) is 0 Å². The van der Waals surface area contributed by atoms with Crippen molar-refractivity contribution >= 4 is 40.7 Å². The van der Waals surface area contributed by atoms with Crippen molar-refractivity contribution in [3.8, 4) is 0 Å². The third kappa shape index (κ3) is 3.47. The van der Waals surface area contributed by atoms with E-state index in [1.54, 1.807) is 5.38 Å². The van der Waals surface area contributed by atoms with Gasteiger partial charge < -0.3 is 20.4 Å². The molecule has 2 aliphatic rings. The number of likely N-dealkylation sites (tertiary alicyclic amines) is 1. The summed E-state index contributed by atoms with van der Waals surface area (Å²) < 4.78 is 0. The summed E-state index contributed by atoms with van der Waals surface area (Å²) in [5.41, 5.74) is 0.674. The van der Waals surface area contributed by atoms with Crippen LogP contribution in [0.3, 0.4) is 0 Å². The van der Waals surface area contributed by atoms with E-state index < -0.39 is 0 Å². The number of carbonyl (C=O) groups excluding carboxylic acids is 2. The fourth-order valence-corrected chi connectivity index (χ4v) is 3.84. The number of urea groups is 2. The molecule has 0 aromatic carbocycles. The zero-order chi connectivity index (χ0) is 15.5. The molecule has 2 fully saturated rings. The molecule has 3 rings (SSSR count). The van der Waals surface area contributed by atoms with Crippen LogP contribution in [0.15, 0.2) is 10.8 Å². The van der Waals surface area contributed by atoms with Gasteiger partial charge in [-0.3, -0.25) is 0 Å². The minimum Gasteiger partial charge on any atom is -0.336 e. The van der Waals surface area contributed by atoms with Crippen LogP contribution in [-0.2, 0) is 0 Å². The Balaban J connectivity index is 1.46. The number of piperidine rings is 1. The molecular weight excluding hydrogens is 324 g/mol. The van der Waals surface area contributed by atoms with E-state index in [2.05, 4.69) is 10.6 Å². The molecule has 3 heterocycles. The first kappa shape index (κ1) is 15.4. The molecule has 22 heavy (non-hydrogen) atoms. The van der Waals surface area contributed by atoms with Crippen molar-refractivity contribution in [1.82, 2.24) is 15.1 Å². The minimum atomic E-state index is -0.0994. The second-order valence-electron chi connectivity index (χ2n) is 5.67. The van der Waals surface area contributed by atoms with Gasteiger partial charge in [0.25, 0.3) is 0 Å².